The predicted octanol–water partition coefficient (Wildman–Crippen LogP) is 20.0. The third-order valence-electron chi connectivity index (χ3n) is 19.2. The van der Waals surface area contributed by atoms with Crippen molar-refractivity contribution in [2.24, 2.45) is 0 Å². The monoisotopic (exact) mass is 1360 g/mol. The highest BCUT2D eigenvalue weighted by Gasteiger charge is 2.36. The van der Waals surface area contributed by atoms with Gasteiger partial charge in [-0.25, -0.2) is 39.3 Å². The van der Waals surface area contributed by atoms with Crippen LogP contribution in [0.3, 0.4) is 0 Å². The Labute approximate surface area is 582 Å². The summed E-state index contributed by atoms with van der Waals surface area (Å²) in [7, 11) is 0. The van der Waals surface area contributed by atoms with Crippen LogP contribution < -0.4 is 14.2 Å². The van der Waals surface area contributed by atoms with E-state index in [1.165, 1.54) is 0 Å². The van der Waals surface area contributed by atoms with Crippen molar-refractivity contribution >= 4 is 94.0 Å². The Kier molecular flexibility index (Phi) is 17.6. The summed E-state index contributed by atoms with van der Waals surface area (Å²) in [5.74, 6) is 1.69. The van der Waals surface area contributed by atoms with E-state index in [4.69, 9.17) is 46.8 Å². The van der Waals surface area contributed by atoms with Crippen LogP contribution in [0, 0.1) is 34.6 Å². The van der Waals surface area contributed by atoms with E-state index in [0.717, 1.165) is 115 Å². The number of aromatic carboxylic acids is 3. The van der Waals surface area contributed by atoms with Gasteiger partial charge in [-0.2, -0.15) is 0 Å². The number of rotatable bonds is 15. The minimum absolute atomic E-state index is 0.0129. The summed E-state index contributed by atoms with van der Waals surface area (Å²) < 4.78 is 42.9. The van der Waals surface area contributed by atoms with Crippen LogP contribution in [0.25, 0.3) is 98.9 Å². The van der Waals surface area contributed by atoms with Crippen LogP contribution in [-0.2, 0) is 6.61 Å². The lowest BCUT2D eigenvalue weighted by Gasteiger charge is -2.33. The molecule has 8 aromatic heterocycles. The van der Waals surface area contributed by atoms with Crippen molar-refractivity contribution in [1.82, 2.24) is 24.9 Å². The van der Waals surface area contributed by atoms with Gasteiger partial charge in [-0.15, -0.1) is 11.3 Å². The molecule has 2 aliphatic rings. The van der Waals surface area contributed by atoms with Crippen LogP contribution in [-0.4, -0.2) is 70.4 Å². The largest absolute Gasteiger partial charge is 0.490 e. The molecule has 2 fully saturated rings. The summed E-state index contributed by atoms with van der Waals surface area (Å²) in [5, 5.41) is 37.0. The lowest BCUT2D eigenvalue weighted by Crippen LogP contribution is -2.32. The molecule has 3 N–H and O–H groups in total. The molecular formula is C82H67N5O13S. The average molecular weight is 1360 g/mol. The quantitative estimate of drug-likeness (QED) is 0.0862. The molecule has 0 amide bonds. The summed E-state index contributed by atoms with van der Waals surface area (Å²) in [4.78, 5) is 60.2. The van der Waals surface area contributed by atoms with E-state index in [-0.39, 0.29) is 34.8 Å². The first-order valence-corrected chi connectivity index (χ1v) is 34.2. The number of hydrogen-bond donors (Lipinski definition) is 3. The number of benzene rings is 7. The number of fused-ring (bicyclic) bond motifs is 6. The third-order valence-corrected chi connectivity index (χ3v) is 20.1. The number of carboxylic acids is 3. The molecule has 0 atom stereocenters. The van der Waals surface area contributed by atoms with Crippen LogP contribution in [0.4, 0.5) is 0 Å². The second kappa shape index (κ2) is 27.4. The molecule has 7 aromatic carbocycles. The number of ether oxygens (including phenoxy) is 3. The van der Waals surface area contributed by atoms with Gasteiger partial charge < -0.3 is 47.2 Å². The van der Waals surface area contributed by atoms with Gasteiger partial charge in [-0.1, -0.05) is 103 Å². The molecule has 2 aliphatic carbocycles. The fourth-order valence-electron chi connectivity index (χ4n) is 13.8. The van der Waals surface area contributed by atoms with Crippen molar-refractivity contribution in [3.63, 3.8) is 0 Å². The Morgan fingerprint density at radius 3 is 1.44 bits per heavy atom. The van der Waals surface area contributed by atoms with Crippen LogP contribution >= 0.6 is 11.3 Å². The molecule has 0 aliphatic heterocycles. The van der Waals surface area contributed by atoms with Gasteiger partial charge in [0.25, 0.3) is 0 Å². The molecule has 101 heavy (non-hydrogen) atoms. The fraction of sp³-hybridized carbons (Fsp3) is 0.195. The highest BCUT2D eigenvalue weighted by Crippen LogP contribution is 2.45. The van der Waals surface area contributed by atoms with Gasteiger partial charge in [-0.3, -0.25) is 0 Å². The number of hydrogen-bond acceptors (Lipinski definition) is 16. The first-order valence-electron chi connectivity index (χ1n) is 33.4. The van der Waals surface area contributed by atoms with Crippen molar-refractivity contribution in [2.75, 3.05) is 0 Å². The summed E-state index contributed by atoms with van der Waals surface area (Å²) >= 11 is 1.63. The Morgan fingerprint density at radius 1 is 0.485 bits per heavy atom. The fourth-order valence-corrected chi connectivity index (χ4v) is 14.7. The molecular weight excluding hydrogens is 1290 g/mol. The number of thiophene rings is 1. The molecule has 0 spiro atoms. The standard InChI is InChI=1S/C29H26N2O5.C27H22N2O5.C26H19NO3S/c1-16-7-12-24(35-19-10-8-18(9-11-19)28-30-13-14-34-28)25-21(29(32)33)15-22(31-26(16)25)27-17(2)20-5-3-4-6-23(20)36-27;1-14-7-8-22(33-17-11-16(12-17)26-28-9-10-32-26)23-19(27(30)31)13-20(29-24(14)23)25-15(2)18-5-3-4-6-21(18)34-25;1-16-11-12-22(30-14-17-7-3-2-4-8-17)24-19(26(28)29)13-21(27-25(16)24)20-15-31-23-10-6-5-9-18(20)23/h3-7,12-15,18-19H,8-11H2,1-2H3,(H,32,33);3-10,13,16-17H,11-12H2,1-2H3,(H,30,31);2-13,15H,14H2,1H3,(H,28,29). The Hall–Kier alpha value is -12.0. The first kappa shape index (κ1) is 65.0. The number of carbonyl (C=O) groups is 3. The molecule has 504 valence electrons. The highest BCUT2D eigenvalue weighted by molar-refractivity contribution is 7.17. The average Bonchev–Trinajstić information content (AvgIpc) is 1.75. The van der Waals surface area contributed by atoms with Crippen molar-refractivity contribution in [3.05, 3.63) is 250 Å². The van der Waals surface area contributed by atoms with E-state index in [1.54, 1.807) is 54.5 Å². The first-order chi connectivity index (χ1) is 49.1. The summed E-state index contributed by atoms with van der Waals surface area (Å²) in [6, 6.07) is 49.5. The van der Waals surface area contributed by atoms with E-state index < -0.39 is 17.9 Å². The number of pyridine rings is 3. The molecule has 0 saturated heterocycles. The normalized spacial score (nSPS) is 15.8. The smallest absolute Gasteiger partial charge is 0.336 e. The summed E-state index contributed by atoms with van der Waals surface area (Å²) in [6.07, 6.45) is 11.5. The number of para-hydroxylation sites is 2. The maximum atomic E-state index is 12.5. The highest BCUT2D eigenvalue weighted by atomic mass is 32.1. The second-order valence-electron chi connectivity index (χ2n) is 25.7. The maximum Gasteiger partial charge on any atom is 0.336 e. The number of carboxylic acid groups (broad SMARTS) is 3. The zero-order valence-corrected chi connectivity index (χ0v) is 56.5. The van der Waals surface area contributed by atoms with E-state index in [1.807, 2.05) is 173 Å². The lowest BCUT2D eigenvalue weighted by atomic mass is 9.82. The molecule has 0 unspecified atom stereocenters. The molecule has 0 bridgehead atoms. The zero-order chi connectivity index (χ0) is 69.6. The summed E-state index contributed by atoms with van der Waals surface area (Å²) in [6.45, 7) is 10.1. The molecule has 18 nitrogen and oxygen atoms in total. The molecule has 2 saturated carbocycles. The Morgan fingerprint density at radius 2 is 0.931 bits per heavy atom. The lowest BCUT2D eigenvalue weighted by molar-refractivity contribution is 0.0686. The molecule has 17 rings (SSSR count). The molecule has 0 radical (unpaired) electrons. The van der Waals surface area contributed by atoms with Crippen molar-refractivity contribution in [2.45, 2.75) is 104 Å². The van der Waals surface area contributed by atoms with E-state index in [0.29, 0.717) is 97.0 Å². The van der Waals surface area contributed by atoms with Crippen molar-refractivity contribution < 1.29 is 61.6 Å². The van der Waals surface area contributed by atoms with E-state index in [9.17, 15) is 29.7 Å². The minimum Gasteiger partial charge on any atom is -0.490 e. The van der Waals surface area contributed by atoms with Gasteiger partial charge in [0, 0.05) is 54.8 Å². The van der Waals surface area contributed by atoms with Gasteiger partial charge in [0.05, 0.1) is 73.6 Å². The van der Waals surface area contributed by atoms with Crippen LogP contribution in [0.1, 0.15) is 127 Å². The zero-order valence-electron chi connectivity index (χ0n) is 55.7. The van der Waals surface area contributed by atoms with Crippen molar-refractivity contribution in [3.8, 4) is 51.4 Å². The third kappa shape index (κ3) is 12.8. The topological polar surface area (TPSA) is 257 Å². The Balaban J connectivity index is 0.000000123. The minimum atomic E-state index is -1.04. The van der Waals surface area contributed by atoms with Gasteiger partial charge in [0.2, 0.25) is 0 Å². The predicted molar refractivity (Wildman–Crippen MR) is 387 cm³/mol. The number of aryl methyl sites for hydroxylation is 5. The molecule has 8 heterocycles. The van der Waals surface area contributed by atoms with Crippen molar-refractivity contribution in [1.29, 1.82) is 0 Å². The molecule has 15 aromatic rings. The van der Waals surface area contributed by atoms with Gasteiger partial charge in [0.15, 0.2) is 23.3 Å². The molecule has 19 heteroatoms. The number of oxazole rings is 2. The van der Waals surface area contributed by atoms with Crippen LogP contribution in [0.2, 0.25) is 0 Å². The van der Waals surface area contributed by atoms with E-state index in [2.05, 4.69) is 16.0 Å². The van der Waals surface area contributed by atoms with Gasteiger partial charge in [-0.05, 0) is 150 Å². The van der Waals surface area contributed by atoms with Crippen LogP contribution in [0.15, 0.2) is 206 Å². The van der Waals surface area contributed by atoms with Gasteiger partial charge >= 0.3 is 17.9 Å². The maximum absolute atomic E-state index is 12.5. The van der Waals surface area contributed by atoms with E-state index >= 15 is 0 Å². The van der Waals surface area contributed by atoms with Crippen LogP contribution in [0.5, 0.6) is 17.2 Å². The Bertz CT molecular complexity index is 5650. The SMILES string of the molecule is Cc1c(-c2cc(C(=O)O)c3c(OC4CC(c5ncco5)C4)ccc(C)c3n2)oc2ccccc12.Cc1c(-c2cc(C(=O)O)c3c(OC4CCC(c5ncco5)CC4)ccc(C)c3n2)oc2ccccc12.Cc1ccc(OCc2ccccc2)c2c(C(=O)O)cc(-c3csc4ccccc34)nc12. The summed E-state index contributed by atoms with van der Waals surface area (Å²) in [5.41, 5.74) is 12.0. The number of furan rings is 2. The van der Waals surface area contributed by atoms with Gasteiger partial charge in [0.1, 0.15) is 65.0 Å². The number of nitrogens with zero attached hydrogens (tertiary/aromatic N) is 5. The second-order valence-corrected chi connectivity index (χ2v) is 26.6. The number of aromatic nitrogens is 5.